The van der Waals surface area contributed by atoms with Crippen LogP contribution in [0.2, 0.25) is 0 Å². The molecule has 1 atom stereocenters. The monoisotopic (exact) mass is 309 g/mol. The SMILES string of the molecule is CC1(Nc2nc(N)nc(-n3cccn3)n2)CCS(=O)(=O)C1. The first-order chi connectivity index (χ1) is 9.85. The molecule has 3 heterocycles. The van der Waals surface area contributed by atoms with Gasteiger partial charge in [0.05, 0.1) is 17.0 Å². The minimum atomic E-state index is -3.02. The van der Waals surface area contributed by atoms with Crippen LogP contribution < -0.4 is 11.1 Å². The first-order valence-corrected chi connectivity index (χ1v) is 8.18. The van der Waals surface area contributed by atoms with Crippen molar-refractivity contribution in [2.24, 2.45) is 0 Å². The van der Waals surface area contributed by atoms with Gasteiger partial charge in [0.15, 0.2) is 9.84 Å². The minimum Gasteiger partial charge on any atom is -0.368 e. The van der Waals surface area contributed by atoms with Crippen molar-refractivity contribution in [3.63, 3.8) is 0 Å². The molecule has 0 bridgehead atoms. The summed E-state index contributed by atoms with van der Waals surface area (Å²) in [6.45, 7) is 1.82. The van der Waals surface area contributed by atoms with Gasteiger partial charge in [0.1, 0.15) is 0 Å². The highest BCUT2D eigenvalue weighted by atomic mass is 32.2. The standard InChI is InChI=1S/C11H15N7O2S/c1-11(3-6-21(19,20)7-11)17-9-14-8(12)15-10(16-9)18-5-2-4-13-18/h2,4-5H,3,6-7H2,1H3,(H3,12,14,15,16,17). The highest BCUT2D eigenvalue weighted by Gasteiger charge is 2.39. The Kier molecular flexibility index (Phi) is 3.04. The topological polar surface area (TPSA) is 129 Å². The Hall–Kier alpha value is -2.23. The van der Waals surface area contributed by atoms with Crippen molar-refractivity contribution >= 4 is 21.7 Å². The van der Waals surface area contributed by atoms with Gasteiger partial charge in [-0.2, -0.15) is 20.1 Å². The van der Waals surface area contributed by atoms with Crippen LogP contribution in [0.25, 0.3) is 5.95 Å². The molecule has 2 aromatic heterocycles. The van der Waals surface area contributed by atoms with E-state index in [9.17, 15) is 8.42 Å². The predicted octanol–water partition coefficient (Wildman–Crippen LogP) is -0.371. The molecule has 3 N–H and O–H groups in total. The Labute approximate surface area is 121 Å². The Bertz CT molecular complexity index is 759. The number of nitrogens with one attached hydrogen (secondary N) is 1. The Morgan fingerprint density at radius 2 is 2.19 bits per heavy atom. The molecule has 2 aromatic rings. The van der Waals surface area contributed by atoms with Crippen LogP contribution in [-0.2, 0) is 9.84 Å². The maximum Gasteiger partial charge on any atom is 0.257 e. The molecule has 10 heteroatoms. The maximum atomic E-state index is 11.6. The zero-order chi connectivity index (χ0) is 15.1. The van der Waals surface area contributed by atoms with E-state index < -0.39 is 15.4 Å². The van der Waals surface area contributed by atoms with Gasteiger partial charge >= 0.3 is 0 Å². The average molecular weight is 309 g/mol. The number of anilines is 2. The lowest BCUT2D eigenvalue weighted by Crippen LogP contribution is -2.37. The molecule has 0 spiro atoms. The number of rotatable bonds is 3. The fourth-order valence-electron chi connectivity index (χ4n) is 2.31. The minimum absolute atomic E-state index is 0.0439. The van der Waals surface area contributed by atoms with E-state index >= 15 is 0 Å². The molecule has 0 aliphatic carbocycles. The molecule has 1 aliphatic rings. The third-order valence-electron chi connectivity index (χ3n) is 3.27. The van der Waals surface area contributed by atoms with Crippen molar-refractivity contribution in [3.8, 4) is 5.95 Å². The van der Waals surface area contributed by atoms with Gasteiger partial charge in [-0.1, -0.05) is 0 Å². The van der Waals surface area contributed by atoms with E-state index in [1.807, 2.05) is 6.92 Å². The van der Waals surface area contributed by atoms with Gasteiger partial charge in [0.25, 0.3) is 5.95 Å². The lowest BCUT2D eigenvalue weighted by molar-refractivity contribution is 0.568. The number of hydrogen-bond acceptors (Lipinski definition) is 8. The van der Waals surface area contributed by atoms with E-state index in [2.05, 4.69) is 25.4 Å². The van der Waals surface area contributed by atoms with Crippen LogP contribution in [0.1, 0.15) is 13.3 Å². The molecule has 1 unspecified atom stereocenters. The van der Waals surface area contributed by atoms with Crippen LogP contribution in [0.4, 0.5) is 11.9 Å². The summed E-state index contributed by atoms with van der Waals surface area (Å²) in [7, 11) is -3.02. The van der Waals surface area contributed by atoms with E-state index in [-0.39, 0.29) is 29.4 Å². The zero-order valence-corrected chi connectivity index (χ0v) is 12.2. The summed E-state index contributed by atoms with van der Waals surface area (Å²) in [5, 5.41) is 7.08. The lowest BCUT2D eigenvalue weighted by Gasteiger charge is -2.23. The summed E-state index contributed by atoms with van der Waals surface area (Å²) in [6, 6.07) is 1.73. The van der Waals surface area contributed by atoms with E-state index in [0.29, 0.717) is 6.42 Å². The van der Waals surface area contributed by atoms with E-state index in [4.69, 9.17) is 5.73 Å². The molecule has 112 valence electrons. The second-order valence-electron chi connectivity index (χ2n) is 5.30. The largest absolute Gasteiger partial charge is 0.368 e. The summed E-state index contributed by atoms with van der Waals surface area (Å²) in [4.78, 5) is 12.2. The lowest BCUT2D eigenvalue weighted by atomic mass is 10.0. The number of hydrogen-bond donors (Lipinski definition) is 2. The molecule has 3 rings (SSSR count). The Morgan fingerprint density at radius 3 is 2.81 bits per heavy atom. The summed E-state index contributed by atoms with van der Waals surface area (Å²) in [5.41, 5.74) is 5.07. The number of nitrogens with two attached hydrogens (primary N) is 1. The highest BCUT2D eigenvalue weighted by molar-refractivity contribution is 7.91. The van der Waals surface area contributed by atoms with Crippen LogP contribution in [-0.4, -0.2) is 50.2 Å². The summed E-state index contributed by atoms with van der Waals surface area (Å²) in [6.07, 6.45) is 3.77. The van der Waals surface area contributed by atoms with Gasteiger partial charge in [0.2, 0.25) is 11.9 Å². The molecule has 21 heavy (non-hydrogen) atoms. The molecule has 0 saturated carbocycles. The van der Waals surface area contributed by atoms with E-state index in [0.717, 1.165) is 0 Å². The molecule has 0 amide bonds. The van der Waals surface area contributed by atoms with Crippen LogP contribution >= 0.6 is 0 Å². The molecular formula is C11H15N7O2S. The molecule has 1 aliphatic heterocycles. The predicted molar refractivity (Wildman–Crippen MR) is 76.7 cm³/mol. The quantitative estimate of drug-likeness (QED) is 0.785. The smallest absolute Gasteiger partial charge is 0.257 e. The molecule has 1 fully saturated rings. The van der Waals surface area contributed by atoms with Gasteiger partial charge in [-0.05, 0) is 19.4 Å². The first kappa shape index (κ1) is 13.7. The van der Waals surface area contributed by atoms with Crippen LogP contribution in [0.3, 0.4) is 0 Å². The highest BCUT2D eigenvalue weighted by Crippen LogP contribution is 2.26. The molecular weight excluding hydrogens is 294 g/mol. The van der Waals surface area contributed by atoms with Gasteiger partial charge in [-0.25, -0.2) is 13.1 Å². The summed E-state index contributed by atoms with van der Waals surface area (Å²) >= 11 is 0. The second-order valence-corrected chi connectivity index (χ2v) is 7.48. The second kappa shape index (κ2) is 4.65. The van der Waals surface area contributed by atoms with Crippen LogP contribution in [0.15, 0.2) is 18.5 Å². The van der Waals surface area contributed by atoms with Crippen molar-refractivity contribution in [2.45, 2.75) is 18.9 Å². The summed E-state index contributed by atoms with van der Waals surface area (Å²) < 4.78 is 24.7. The van der Waals surface area contributed by atoms with Gasteiger partial charge in [0, 0.05) is 12.4 Å². The third kappa shape index (κ3) is 2.94. The maximum absolute atomic E-state index is 11.6. The molecule has 0 aromatic carbocycles. The van der Waals surface area contributed by atoms with Crippen molar-refractivity contribution < 1.29 is 8.42 Å². The van der Waals surface area contributed by atoms with Crippen LogP contribution in [0, 0.1) is 0 Å². The Morgan fingerprint density at radius 1 is 1.38 bits per heavy atom. The van der Waals surface area contributed by atoms with E-state index in [1.54, 1.807) is 18.5 Å². The van der Waals surface area contributed by atoms with Crippen molar-refractivity contribution in [3.05, 3.63) is 18.5 Å². The normalized spacial score (nSPS) is 24.0. The Balaban J connectivity index is 1.90. The number of sulfone groups is 1. The van der Waals surface area contributed by atoms with Gasteiger partial charge in [-0.3, -0.25) is 0 Å². The fourth-order valence-corrected chi connectivity index (χ4v) is 4.40. The molecule has 9 nitrogen and oxygen atoms in total. The third-order valence-corrected chi connectivity index (χ3v) is 5.17. The fraction of sp³-hybridized carbons (Fsp3) is 0.455. The number of nitrogen functional groups attached to an aromatic ring is 1. The number of aromatic nitrogens is 5. The van der Waals surface area contributed by atoms with Crippen molar-refractivity contribution in [2.75, 3.05) is 22.6 Å². The summed E-state index contributed by atoms with van der Waals surface area (Å²) in [5.74, 6) is 0.765. The zero-order valence-electron chi connectivity index (χ0n) is 11.4. The van der Waals surface area contributed by atoms with E-state index in [1.165, 1.54) is 4.68 Å². The van der Waals surface area contributed by atoms with Crippen LogP contribution in [0.5, 0.6) is 0 Å². The average Bonchev–Trinajstić information content (AvgIpc) is 2.96. The van der Waals surface area contributed by atoms with Gasteiger partial charge in [-0.15, -0.1) is 0 Å². The molecule has 0 radical (unpaired) electrons. The first-order valence-electron chi connectivity index (χ1n) is 6.35. The van der Waals surface area contributed by atoms with Gasteiger partial charge < -0.3 is 11.1 Å². The van der Waals surface area contributed by atoms with Crippen molar-refractivity contribution in [1.82, 2.24) is 24.7 Å². The number of nitrogens with zero attached hydrogens (tertiary/aromatic N) is 5. The van der Waals surface area contributed by atoms with Crippen molar-refractivity contribution in [1.29, 1.82) is 0 Å². The molecule has 1 saturated heterocycles.